The monoisotopic (exact) mass is 420 g/mol. The van der Waals surface area contributed by atoms with Gasteiger partial charge in [0.25, 0.3) is 0 Å². The quantitative estimate of drug-likeness (QED) is 0.440. The van der Waals surface area contributed by atoms with Crippen LogP contribution in [0.25, 0.3) is 0 Å². The van der Waals surface area contributed by atoms with Crippen LogP contribution in [0.5, 0.6) is 11.5 Å². The van der Waals surface area contributed by atoms with Gasteiger partial charge in [-0.3, -0.25) is 0 Å². The van der Waals surface area contributed by atoms with Gasteiger partial charge in [-0.1, -0.05) is 67.6 Å². The molecule has 0 saturated heterocycles. The summed E-state index contributed by atoms with van der Waals surface area (Å²) in [6.07, 6.45) is 1.49. The Hall–Kier alpha value is -3.04. The van der Waals surface area contributed by atoms with Gasteiger partial charge < -0.3 is 13.9 Å². The van der Waals surface area contributed by atoms with E-state index in [0.717, 1.165) is 6.42 Å². The number of benzene rings is 3. The SMILES string of the molecule is CCC1c2ccccc2CC(=NP(=O)(Oc2ccccc2)Oc2ccccc2)N1C. The zero-order valence-electron chi connectivity index (χ0n) is 17.1. The van der Waals surface area contributed by atoms with Gasteiger partial charge in [0.15, 0.2) is 0 Å². The van der Waals surface area contributed by atoms with E-state index in [9.17, 15) is 4.57 Å². The second kappa shape index (κ2) is 8.76. The normalized spacial score (nSPS) is 17.5. The molecule has 0 saturated carbocycles. The Morgan fingerprint density at radius 3 is 2.00 bits per heavy atom. The number of amidine groups is 1. The number of para-hydroxylation sites is 2. The van der Waals surface area contributed by atoms with Gasteiger partial charge in [0, 0.05) is 13.5 Å². The topological polar surface area (TPSA) is 51.1 Å². The van der Waals surface area contributed by atoms with Crippen LogP contribution in [0.3, 0.4) is 0 Å². The highest BCUT2D eigenvalue weighted by Crippen LogP contribution is 2.51. The van der Waals surface area contributed by atoms with Crippen LogP contribution in [0.2, 0.25) is 0 Å². The van der Waals surface area contributed by atoms with Crippen molar-refractivity contribution in [2.75, 3.05) is 7.05 Å². The molecule has 0 aromatic heterocycles. The zero-order valence-corrected chi connectivity index (χ0v) is 18.0. The van der Waals surface area contributed by atoms with E-state index >= 15 is 0 Å². The fourth-order valence-corrected chi connectivity index (χ4v) is 5.12. The van der Waals surface area contributed by atoms with Crippen molar-refractivity contribution in [2.45, 2.75) is 25.8 Å². The van der Waals surface area contributed by atoms with Crippen molar-refractivity contribution in [2.24, 2.45) is 4.76 Å². The molecule has 0 fully saturated rings. The summed E-state index contributed by atoms with van der Waals surface area (Å²) in [6, 6.07) is 26.5. The zero-order chi connectivity index (χ0) is 21.0. The number of rotatable bonds is 6. The molecule has 0 bridgehead atoms. The Kier molecular flexibility index (Phi) is 5.91. The number of hydrogen-bond donors (Lipinski definition) is 0. The van der Waals surface area contributed by atoms with Crippen LogP contribution in [0.1, 0.15) is 30.5 Å². The van der Waals surface area contributed by atoms with Crippen LogP contribution in [-0.4, -0.2) is 17.8 Å². The minimum Gasteiger partial charge on any atom is -0.399 e. The first-order valence-corrected chi connectivity index (χ1v) is 11.6. The molecule has 30 heavy (non-hydrogen) atoms. The second-order valence-electron chi connectivity index (χ2n) is 7.20. The molecule has 5 nitrogen and oxygen atoms in total. The predicted molar refractivity (Wildman–Crippen MR) is 120 cm³/mol. The molecule has 0 N–H and O–H groups in total. The highest BCUT2D eigenvalue weighted by atomic mass is 31.2. The van der Waals surface area contributed by atoms with E-state index in [2.05, 4.69) is 34.8 Å². The minimum atomic E-state index is -3.87. The third-order valence-electron chi connectivity index (χ3n) is 5.19. The number of likely N-dealkylation sites (N-methyl/N-ethyl adjacent to an activating group) is 1. The van der Waals surface area contributed by atoms with Gasteiger partial charge in [-0.15, -0.1) is 4.76 Å². The van der Waals surface area contributed by atoms with Gasteiger partial charge in [-0.05, 0) is 41.8 Å². The van der Waals surface area contributed by atoms with E-state index in [1.54, 1.807) is 24.3 Å². The molecule has 4 rings (SSSR count). The maximum Gasteiger partial charge on any atom is 0.564 e. The Labute approximate surface area is 177 Å². The van der Waals surface area contributed by atoms with Gasteiger partial charge in [-0.25, -0.2) is 4.57 Å². The summed E-state index contributed by atoms with van der Waals surface area (Å²) in [5.41, 5.74) is 2.47. The van der Waals surface area contributed by atoms with E-state index in [0.29, 0.717) is 23.8 Å². The maximum absolute atomic E-state index is 13.8. The van der Waals surface area contributed by atoms with Crippen molar-refractivity contribution in [3.05, 3.63) is 96.1 Å². The van der Waals surface area contributed by atoms with Crippen molar-refractivity contribution >= 4 is 13.6 Å². The van der Waals surface area contributed by atoms with Crippen LogP contribution in [0, 0.1) is 0 Å². The van der Waals surface area contributed by atoms with Crippen molar-refractivity contribution in [1.29, 1.82) is 0 Å². The third-order valence-corrected chi connectivity index (χ3v) is 6.55. The van der Waals surface area contributed by atoms with Crippen LogP contribution < -0.4 is 9.05 Å². The van der Waals surface area contributed by atoms with E-state index in [4.69, 9.17) is 9.05 Å². The summed E-state index contributed by atoms with van der Waals surface area (Å²) < 4.78 is 30.1. The third kappa shape index (κ3) is 4.42. The molecule has 154 valence electrons. The minimum absolute atomic E-state index is 0.163. The Balaban J connectivity index is 1.73. The van der Waals surface area contributed by atoms with Crippen LogP contribution >= 0.6 is 7.75 Å². The van der Waals surface area contributed by atoms with E-state index in [1.165, 1.54) is 11.1 Å². The van der Waals surface area contributed by atoms with Crippen molar-refractivity contribution in [1.82, 2.24) is 4.90 Å². The molecule has 3 aromatic carbocycles. The first kappa shape index (κ1) is 20.2. The lowest BCUT2D eigenvalue weighted by Crippen LogP contribution is -2.37. The first-order valence-electron chi connectivity index (χ1n) is 10.1. The highest BCUT2D eigenvalue weighted by molar-refractivity contribution is 7.53. The Morgan fingerprint density at radius 2 is 1.43 bits per heavy atom. The lowest BCUT2D eigenvalue weighted by Gasteiger charge is -2.36. The Bertz CT molecular complexity index is 1020. The smallest absolute Gasteiger partial charge is 0.399 e. The largest absolute Gasteiger partial charge is 0.564 e. The summed E-state index contributed by atoms with van der Waals surface area (Å²) in [7, 11) is -1.89. The standard InChI is InChI=1S/C24H25N2O3P/c1-3-23-22-17-11-10-12-19(22)18-24(26(23)2)25-30(27,28-20-13-6-4-7-14-20)29-21-15-8-5-9-16-21/h4-17,23H,3,18H2,1-2H3. The molecule has 1 unspecified atom stereocenters. The van der Waals surface area contributed by atoms with Gasteiger partial charge in [0.05, 0.1) is 6.04 Å². The van der Waals surface area contributed by atoms with Gasteiger partial charge in [0.2, 0.25) is 0 Å². The van der Waals surface area contributed by atoms with Crippen molar-refractivity contribution in [3.8, 4) is 11.5 Å². The molecule has 0 spiro atoms. The average Bonchev–Trinajstić information content (AvgIpc) is 2.75. The molecule has 3 aromatic rings. The van der Waals surface area contributed by atoms with E-state index < -0.39 is 7.75 Å². The fraction of sp³-hybridized carbons (Fsp3) is 0.208. The summed E-state index contributed by atoms with van der Waals surface area (Å²) >= 11 is 0. The van der Waals surface area contributed by atoms with Gasteiger partial charge in [0.1, 0.15) is 17.3 Å². The van der Waals surface area contributed by atoms with Crippen LogP contribution in [0.15, 0.2) is 89.7 Å². The van der Waals surface area contributed by atoms with Crippen LogP contribution in [-0.2, 0) is 11.0 Å². The van der Waals surface area contributed by atoms with Crippen molar-refractivity contribution in [3.63, 3.8) is 0 Å². The molecule has 1 aliphatic rings. The molecule has 0 aliphatic carbocycles. The summed E-state index contributed by atoms with van der Waals surface area (Å²) in [5, 5.41) is 0. The molecule has 1 aliphatic heterocycles. The molecular weight excluding hydrogens is 395 g/mol. The molecule has 0 amide bonds. The number of hydrogen-bond acceptors (Lipinski definition) is 3. The lowest BCUT2D eigenvalue weighted by atomic mass is 9.91. The lowest BCUT2D eigenvalue weighted by molar-refractivity contribution is 0.344. The fourth-order valence-electron chi connectivity index (χ4n) is 3.73. The maximum atomic E-state index is 13.8. The average molecular weight is 420 g/mol. The van der Waals surface area contributed by atoms with Crippen LogP contribution in [0.4, 0.5) is 0 Å². The summed E-state index contributed by atoms with van der Waals surface area (Å²) in [6.45, 7) is 2.14. The summed E-state index contributed by atoms with van der Waals surface area (Å²) in [5.74, 6) is 1.59. The van der Waals surface area contributed by atoms with Gasteiger partial charge >= 0.3 is 7.75 Å². The molecular formula is C24H25N2O3P. The van der Waals surface area contributed by atoms with Gasteiger partial charge in [-0.2, -0.15) is 0 Å². The molecule has 6 heteroatoms. The number of fused-ring (bicyclic) bond motifs is 1. The van der Waals surface area contributed by atoms with E-state index in [1.807, 2.05) is 49.5 Å². The van der Waals surface area contributed by atoms with Crippen molar-refractivity contribution < 1.29 is 13.6 Å². The number of nitrogens with zero attached hydrogens (tertiary/aromatic N) is 2. The molecule has 1 atom stereocenters. The highest BCUT2D eigenvalue weighted by Gasteiger charge is 2.34. The van der Waals surface area contributed by atoms with E-state index in [-0.39, 0.29) is 6.04 Å². The Morgan fingerprint density at radius 1 is 0.900 bits per heavy atom. The second-order valence-corrected chi connectivity index (χ2v) is 8.71. The first-order chi connectivity index (χ1) is 14.6. The predicted octanol–water partition coefficient (Wildman–Crippen LogP) is 6.29. The molecule has 0 radical (unpaired) electrons. The summed E-state index contributed by atoms with van der Waals surface area (Å²) in [4.78, 5) is 2.08. The molecule has 1 heterocycles.